The van der Waals surface area contributed by atoms with Crippen molar-refractivity contribution >= 4 is 0 Å². The Morgan fingerprint density at radius 2 is 1.30 bits per heavy atom. The Hall–Kier alpha value is -2.84. The Bertz CT molecular complexity index is 905. The lowest BCUT2D eigenvalue weighted by atomic mass is 9.84. The first-order valence-electron chi connectivity index (χ1n) is 9.80. The molecule has 3 aliphatic heterocycles. The number of ether oxygens (including phenoxy) is 7. The average Bonchev–Trinajstić information content (AvgIpc) is 3.49. The van der Waals surface area contributed by atoms with Crippen molar-refractivity contribution in [1.82, 2.24) is 0 Å². The van der Waals surface area contributed by atoms with Gasteiger partial charge in [0.2, 0.25) is 18.3 Å². The Balaban J connectivity index is 1.44. The number of rotatable bonds is 5. The lowest BCUT2D eigenvalue weighted by molar-refractivity contribution is 0.0190. The van der Waals surface area contributed by atoms with Crippen LogP contribution in [0.5, 0.6) is 34.5 Å². The predicted octanol–water partition coefficient (Wildman–Crippen LogP) is 3.22. The fourth-order valence-corrected chi connectivity index (χ4v) is 4.63. The first-order chi connectivity index (χ1) is 14.6. The molecule has 160 valence electrons. The van der Waals surface area contributed by atoms with Crippen molar-refractivity contribution in [2.24, 2.45) is 11.8 Å². The molecular weight excluding hydrogens is 392 g/mol. The van der Waals surface area contributed by atoms with E-state index in [2.05, 4.69) is 0 Å². The maximum absolute atomic E-state index is 10.2. The van der Waals surface area contributed by atoms with Gasteiger partial charge in [-0.1, -0.05) is 0 Å². The molecule has 8 nitrogen and oxygen atoms in total. The first kappa shape index (κ1) is 19.1. The van der Waals surface area contributed by atoms with Gasteiger partial charge in [0.15, 0.2) is 23.0 Å². The molecule has 0 aliphatic carbocycles. The third kappa shape index (κ3) is 2.90. The highest BCUT2D eigenvalue weighted by molar-refractivity contribution is 5.56. The van der Waals surface area contributed by atoms with Crippen molar-refractivity contribution in [1.29, 1.82) is 0 Å². The molecule has 2 fully saturated rings. The van der Waals surface area contributed by atoms with Gasteiger partial charge in [0.1, 0.15) is 0 Å². The summed E-state index contributed by atoms with van der Waals surface area (Å²) in [4.78, 5) is 0. The molecule has 2 aromatic rings. The number of methoxy groups -OCH3 is 3. The fraction of sp³-hybridized carbons (Fsp3) is 0.455. The number of benzene rings is 2. The minimum absolute atomic E-state index is 0.0219. The SMILES string of the molecule is COc1cc([C@@H]2OC[C@@H]3[C@H]2CO[C@H]3c2cc(OC)c3c(c2)OCO3)cc(OC)c1O. The van der Waals surface area contributed by atoms with E-state index in [1.807, 2.05) is 12.1 Å². The quantitative estimate of drug-likeness (QED) is 0.795. The molecule has 0 radical (unpaired) electrons. The van der Waals surface area contributed by atoms with Crippen molar-refractivity contribution in [2.75, 3.05) is 41.3 Å². The van der Waals surface area contributed by atoms with Crippen molar-refractivity contribution in [3.05, 3.63) is 35.4 Å². The maximum Gasteiger partial charge on any atom is 0.231 e. The molecule has 30 heavy (non-hydrogen) atoms. The van der Waals surface area contributed by atoms with Crippen molar-refractivity contribution < 1.29 is 38.3 Å². The topological polar surface area (TPSA) is 84.8 Å². The number of phenolic OH excluding ortho intramolecular Hbond substituents is 1. The fourth-order valence-electron chi connectivity index (χ4n) is 4.63. The van der Waals surface area contributed by atoms with Gasteiger partial charge in [0.05, 0.1) is 46.8 Å². The molecule has 5 rings (SSSR count). The lowest BCUT2D eigenvalue weighted by Crippen LogP contribution is -2.14. The summed E-state index contributed by atoms with van der Waals surface area (Å²) in [5.74, 6) is 2.94. The van der Waals surface area contributed by atoms with E-state index >= 15 is 0 Å². The molecule has 2 saturated heterocycles. The molecule has 0 saturated carbocycles. The van der Waals surface area contributed by atoms with Crippen molar-refractivity contribution in [3.63, 3.8) is 0 Å². The molecule has 0 spiro atoms. The van der Waals surface area contributed by atoms with E-state index in [1.54, 1.807) is 19.2 Å². The molecule has 1 N–H and O–H groups in total. The van der Waals surface area contributed by atoms with Gasteiger partial charge in [-0.15, -0.1) is 0 Å². The van der Waals surface area contributed by atoms with Gasteiger partial charge in [-0.25, -0.2) is 0 Å². The second-order valence-corrected chi connectivity index (χ2v) is 7.57. The highest BCUT2D eigenvalue weighted by atomic mass is 16.7. The van der Waals surface area contributed by atoms with Gasteiger partial charge in [-0.05, 0) is 35.4 Å². The van der Waals surface area contributed by atoms with Gasteiger partial charge in [-0.2, -0.15) is 0 Å². The van der Waals surface area contributed by atoms with E-state index in [0.717, 1.165) is 11.1 Å². The van der Waals surface area contributed by atoms with Crippen LogP contribution in [0.15, 0.2) is 24.3 Å². The summed E-state index contributed by atoms with van der Waals surface area (Å²) < 4.78 is 39.5. The van der Waals surface area contributed by atoms with E-state index in [-0.39, 0.29) is 36.6 Å². The average molecular weight is 416 g/mol. The summed E-state index contributed by atoms with van der Waals surface area (Å²) in [6, 6.07) is 7.49. The molecule has 0 aromatic heterocycles. The Kier molecular flexibility index (Phi) is 4.75. The van der Waals surface area contributed by atoms with Gasteiger partial charge >= 0.3 is 0 Å². The van der Waals surface area contributed by atoms with E-state index in [0.29, 0.717) is 42.0 Å². The Labute approximate surface area is 174 Å². The summed E-state index contributed by atoms with van der Waals surface area (Å²) >= 11 is 0. The van der Waals surface area contributed by atoms with Gasteiger partial charge < -0.3 is 38.3 Å². The predicted molar refractivity (Wildman–Crippen MR) is 105 cm³/mol. The van der Waals surface area contributed by atoms with E-state index in [4.69, 9.17) is 33.2 Å². The standard InChI is InChI=1S/C22H24O8/c1-24-15-4-11(5-16(25-2)19(15)23)20-13-8-28-21(14(13)9-27-20)12-6-17(26-3)22-18(7-12)29-10-30-22/h4-7,13-14,20-21,23H,8-10H2,1-3H3/t13-,14-,20+,21+/m1/s1. The second-order valence-electron chi connectivity index (χ2n) is 7.57. The number of fused-ring (bicyclic) bond motifs is 2. The molecule has 8 heteroatoms. The molecule has 3 aliphatic rings. The van der Waals surface area contributed by atoms with Crippen LogP contribution in [0.4, 0.5) is 0 Å². The summed E-state index contributed by atoms with van der Waals surface area (Å²) in [6.07, 6.45) is -0.316. The highest BCUT2D eigenvalue weighted by Crippen LogP contribution is 2.53. The largest absolute Gasteiger partial charge is 0.502 e. The molecule has 2 aromatic carbocycles. The van der Waals surface area contributed by atoms with Crippen LogP contribution >= 0.6 is 0 Å². The van der Waals surface area contributed by atoms with Gasteiger partial charge in [0, 0.05) is 11.8 Å². The van der Waals surface area contributed by atoms with Crippen LogP contribution in [0.3, 0.4) is 0 Å². The molecule has 0 bridgehead atoms. The minimum atomic E-state index is -0.181. The van der Waals surface area contributed by atoms with Gasteiger partial charge in [-0.3, -0.25) is 0 Å². The van der Waals surface area contributed by atoms with Crippen LogP contribution in [-0.4, -0.2) is 46.4 Å². The number of hydrogen-bond donors (Lipinski definition) is 1. The number of aromatic hydroxyl groups is 1. The molecule has 3 heterocycles. The highest BCUT2D eigenvalue weighted by Gasteiger charge is 2.48. The maximum atomic E-state index is 10.2. The Morgan fingerprint density at radius 1 is 0.767 bits per heavy atom. The zero-order chi connectivity index (χ0) is 20.8. The van der Waals surface area contributed by atoms with Crippen LogP contribution in [0.25, 0.3) is 0 Å². The first-order valence-corrected chi connectivity index (χ1v) is 9.80. The molecule has 0 unspecified atom stereocenters. The third-order valence-corrected chi connectivity index (χ3v) is 6.10. The minimum Gasteiger partial charge on any atom is -0.502 e. The summed E-state index contributed by atoms with van der Waals surface area (Å²) in [6.45, 7) is 1.30. The normalized spacial score (nSPS) is 26.5. The van der Waals surface area contributed by atoms with Crippen LogP contribution in [0.1, 0.15) is 23.3 Å². The van der Waals surface area contributed by atoms with E-state index in [1.165, 1.54) is 14.2 Å². The summed E-state index contributed by atoms with van der Waals surface area (Å²) in [7, 11) is 4.64. The van der Waals surface area contributed by atoms with Crippen molar-refractivity contribution in [2.45, 2.75) is 12.2 Å². The Morgan fingerprint density at radius 3 is 1.87 bits per heavy atom. The number of hydrogen-bond acceptors (Lipinski definition) is 8. The summed E-state index contributed by atoms with van der Waals surface area (Å²) in [5.41, 5.74) is 1.87. The monoisotopic (exact) mass is 416 g/mol. The lowest BCUT2D eigenvalue weighted by Gasteiger charge is -2.19. The van der Waals surface area contributed by atoms with Crippen LogP contribution in [0, 0.1) is 11.8 Å². The summed E-state index contributed by atoms with van der Waals surface area (Å²) in [5, 5.41) is 10.2. The van der Waals surface area contributed by atoms with Crippen molar-refractivity contribution in [3.8, 4) is 34.5 Å². The third-order valence-electron chi connectivity index (χ3n) is 6.10. The van der Waals surface area contributed by atoms with Crippen LogP contribution in [-0.2, 0) is 9.47 Å². The second kappa shape index (κ2) is 7.45. The van der Waals surface area contributed by atoms with Gasteiger partial charge in [0.25, 0.3) is 0 Å². The molecular formula is C22H24O8. The van der Waals surface area contributed by atoms with Crippen LogP contribution in [0.2, 0.25) is 0 Å². The molecule has 4 atom stereocenters. The van der Waals surface area contributed by atoms with E-state index < -0.39 is 0 Å². The smallest absolute Gasteiger partial charge is 0.231 e. The zero-order valence-electron chi connectivity index (χ0n) is 17.0. The zero-order valence-corrected chi connectivity index (χ0v) is 17.0. The van der Waals surface area contributed by atoms with Crippen LogP contribution < -0.4 is 23.7 Å². The van der Waals surface area contributed by atoms with E-state index in [9.17, 15) is 5.11 Å². The number of phenols is 1. The molecule has 0 amide bonds.